The third-order valence-corrected chi connectivity index (χ3v) is 3.54. The maximum Gasteiger partial charge on any atom is 0.130 e. The second-order valence-corrected chi connectivity index (χ2v) is 5.72. The van der Waals surface area contributed by atoms with Crippen LogP contribution in [0.3, 0.4) is 0 Å². The first-order valence-electron chi connectivity index (χ1n) is 6.95. The Labute approximate surface area is 113 Å². The predicted octanol–water partition coefficient (Wildman–Crippen LogP) is 2.78. The first-order chi connectivity index (χ1) is 9.06. The molecule has 1 aromatic rings. The molecule has 0 saturated carbocycles. The van der Waals surface area contributed by atoms with Crippen LogP contribution in [0.4, 0.5) is 8.78 Å². The molecule has 1 heterocycles. The number of piperazine rings is 1. The van der Waals surface area contributed by atoms with Gasteiger partial charge in [0.15, 0.2) is 0 Å². The van der Waals surface area contributed by atoms with Crippen molar-refractivity contribution >= 4 is 0 Å². The largest absolute Gasteiger partial charge is 0.311 e. The second-order valence-electron chi connectivity index (χ2n) is 5.72. The van der Waals surface area contributed by atoms with Crippen LogP contribution < -0.4 is 5.32 Å². The summed E-state index contributed by atoms with van der Waals surface area (Å²) >= 11 is 0. The number of rotatable bonds is 4. The van der Waals surface area contributed by atoms with Crippen LogP contribution >= 0.6 is 0 Å². The van der Waals surface area contributed by atoms with E-state index in [2.05, 4.69) is 24.1 Å². The van der Waals surface area contributed by atoms with Gasteiger partial charge in [0, 0.05) is 37.8 Å². The summed E-state index contributed by atoms with van der Waals surface area (Å²) in [7, 11) is 0. The zero-order valence-electron chi connectivity index (χ0n) is 11.6. The minimum Gasteiger partial charge on any atom is -0.311 e. The van der Waals surface area contributed by atoms with Crippen LogP contribution in [-0.4, -0.2) is 30.6 Å². The molecule has 1 atom stereocenters. The third-order valence-electron chi connectivity index (χ3n) is 3.54. The SMILES string of the molecule is CC(C)CC1CN(Cc2c(F)cccc2F)CCN1. The molecule has 0 radical (unpaired) electrons. The highest BCUT2D eigenvalue weighted by atomic mass is 19.1. The van der Waals surface area contributed by atoms with Crippen LogP contribution in [0.15, 0.2) is 18.2 Å². The van der Waals surface area contributed by atoms with E-state index in [0.29, 0.717) is 18.5 Å². The number of benzene rings is 1. The quantitative estimate of drug-likeness (QED) is 0.903. The average Bonchev–Trinajstić information content (AvgIpc) is 2.34. The van der Waals surface area contributed by atoms with Gasteiger partial charge in [-0.05, 0) is 24.5 Å². The van der Waals surface area contributed by atoms with Crippen molar-refractivity contribution in [3.63, 3.8) is 0 Å². The van der Waals surface area contributed by atoms with Gasteiger partial charge in [-0.25, -0.2) is 8.78 Å². The van der Waals surface area contributed by atoms with Gasteiger partial charge in [-0.2, -0.15) is 0 Å². The Morgan fingerprint density at radius 1 is 1.32 bits per heavy atom. The van der Waals surface area contributed by atoms with E-state index >= 15 is 0 Å². The van der Waals surface area contributed by atoms with E-state index in [1.807, 2.05) is 0 Å². The summed E-state index contributed by atoms with van der Waals surface area (Å²) in [5.41, 5.74) is 0.188. The lowest BCUT2D eigenvalue weighted by Gasteiger charge is -2.34. The number of hydrogen-bond acceptors (Lipinski definition) is 2. The van der Waals surface area contributed by atoms with Crippen LogP contribution in [-0.2, 0) is 6.54 Å². The average molecular weight is 268 g/mol. The molecule has 1 aliphatic heterocycles. The highest BCUT2D eigenvalue weighted by Crippen LogP contribution is 2.17. The standard InChI is InChI=1S/C15H22F2N2/c1-11(2)8-12-9-19(7-6-18-12)10-13-14(16)4-3-5-15(13)17/h3-5,11-12,18H,6-10H2,1-2H3. The molecule has 1 aliphatic rings. The number of nitrogens with one attached hydrogen (secondary N) is 1. The van der Waals surface area contributed by atoms with Crippen molar-refractivity contribution in [1.29, 1.82) is 0 Å². The summed E-state index contributed by atoms with van der Waals surface area (Å²) in [6.45, 7) is 7.31. The van der Waals surface area contributed by atoms with Crippen molar-refractivity contribution in [2.45, 2.75) is 32.9 Å². The Kier molecular flexibility index (Phi) is 4.88. The fourth-order valence-electron chi connectivity index (χ4n) is 2.67. The molecule has 1 N–H and O–H groups in total. The van der Waals surface area contributed by atoms with Crippen molar-refractivity contribution in [2.75, 3.05) is 19.6 Å². The molecule has 2 rings (SSSR count). The third kappa shape index (κ3) is 3.98. The lowest BCUT2D eigenvalue weighted by molar-refractivity contribution is 0.176. The monoisotopic (exact) mass is 268 g/mol. The van der Waals surface area contributed by atoms with Crippen molar-refractivity contribution in [3.8, 4) is 0 Å². The van der Waals surface area contributed by atoms with Gasteiger partial charge in [0.1, 0.15) is 11.6 Å². The molecule has 0 spiro atoms. The Balaban J connectivity index is 1.99. The van der Waals surface area contributed by atoms with Gasteiger partial charge < -0.3 is 5.32 Å². The number of halogens is 2. The summed E-state index contributed by atoms with van der Waals surface area (Å²) in [5, 5.41) is 3.47. The second kappa shape index (κ2) is 6.44. The first kappa shape index (κ1) is 14.4. The molecule has 1 aromatic carbocycles. The number of nitrogens with zero attached hydrogens (tertiary/aromatic N) is 1. The molecule has 0 amide bonds. The molecule has 4 heteroatoms. The van der Waals surface area contributed by atoms with Crippen molar-refractivity contribution in [2.24, 2.45) is 5.92 Å². The van der Waals surface area contributed by atoms with Crippen LogP contribution in [0, 0.1) is 17.6 Å². The molecule has 19 heavy (non-hydrogen) atoms. The van der Waals surface area contributed by atoms with Crippen LogP contribution in [0.1, 0.15) is 25.8 Å². The van der Waals surface area contributed by atoms with E-state index in [1.54, 1.807) is 0 Å². The maximum atomic E-state index is 13.6. The van der Waals surface area contributed by atoms with Gasteiger partial charge in [-0.3, -0.25) is 4.90 Å². The molecule has 0 aliphatic carbocycles. The van der Waals surface area contributed by atoms with Gasteiger partial charge in [-0.1, -0.05) is 19.9 Å². The van der Waals surface area contributed by atoms with Gasteiger partial charge in [-0.15, -0.1) is 0 Å². The van der Waals surface area contributed by atoms with Crippen LogP contribution in [0.2, 0.25) is 0 Å². The van der Waals surface area contributed by atoms with Crippen molar-refractivity contribution in [1.82, 2.24) is 10.2 Å². The first-order valence-corrected chi connectivity index (χ1v) is 6.95. The molecule has 1 fully saturated rings. The summed E-state index contributed by atoms with van der Waals surface area (Å²) < 4.78 is 27.3. The minimum atomic E-state index is -0.445. The van der Waals surface area contributed by atoms with E-state index < -0.39 is 11.6 Å². The Hall–Kier alpha value is -1.00. The minimum absolute atomic E-state index is 0.188. The lowest BCUT2D eigenvalue weighted by atomic mass is 10.0. The van der Waals surface area contributed by atoms with Gasteiger partial charge in [0.05, 0.1) is 0 Å². The maximum absolute atomic E-state index is 13.6. The smallest absolute Gasteiger partial charge is 0.130 e. The van der Waals surface area contributed by atoms with E-state index in [1.165, 1.54) is 18.2 Å². The molecule has 2 nitrogen and oxygen atoms in total. The van der Waals surface area contributed by atoms with Crippen molar-refractivity contribution < 1.29 is 8.78 Å². The van der Waals surface area contributed by atoms with Crippen LogP contribution in [0.25, 0.3) is 0 Å². The fraction of sp³-hybridized carbons (Fsp3) is 0.600. The lowest BCUT2D eigenvalue weighted by Crippen LogP contribution is -2.50. The van der Waals surface area contributed by atoms with Gasteiger partial charge in [0.2, 0.25) is 0 Å². The van der Waals surface area contributed by atoms with E-state index in [-0.39, 0.29) is 5.56 Å². The predicted molar refractivity (Wildman–Crippen MR) is 72.9 cm³/mol. The Morgan fingerprint density at radius 3 is 2.63 bits per heavy atom. The molecule has 106 valence electrons. The normalized spacial score (nSPS) is 21.0. The van der Waals surface area contributed by atoms with E-state index in [9.17, 15) is 8.78 Å². The van der Waals surface area contributed by atoms with Gasteiger partial charge in [0.25, 0.3) is 0 Å². The summed E-state index contributed by atoms with van der Waals surface area (Å²) in [6.07, 6.45) is 1.09. The molecular weight excluding hydrogens is 246 g/mol. The van der Waals surface area contributed by atoms with E-state index in [4.69, 9.17) is 0 Å². The number of hydrogen-bond donors (Lipinski definition) is 1. The zero-order chi connectivity index (χ0) is 13.8. The highest BCUT2D eigenvalue weighted by molar-refractivity contribution is 5.19. The van der Waals surface area contributed by atoms with Gasteiger partial charge >= 0.3 is 0 Å². The molecule has 1 unspecified atom stereocenters. The molecule has 1 saturated heterocycles. The molecule has 0 aromatic heterocycles. The highest BCUT2D eigenvalue weighted by Gasteiger charge is 2.21. The van der Waals surface area contributed by atoms with Crippen LogP contribution in [0.5, 0.6) is 0 Å². The fourth-order valence-corrected chi connectivity index (χ4v) is 2.67. The summed E-state index contributed by atoms with van der Waals surface area (Å²) in [6, 6.07) is 4.48. The zero-order valence-corrected chi connectivity index (χ0v) is 11.6. The Morgan fingerprint density at radius 2 is 2.00 bits per heavy atom. The summed E-state index contributed by atoms with van der Waals surface area (Å²) in [5.74, 6) is -0.263. The molecular formula is C15H22F2N2. The van der Waals surface area contributed by atoms with Crippen molar-refractivity contribution in [3.05, 3.63) is 35.4 Å². The topological polar surface area (TPSA) is 15.3 Å². The Bertz CT molecular complexity index is 400. The summed E-state index contributed by atoms with van der Waals surface area (Å²) in [4.78, 5) is 2.13. The molecule has 0 bridgehead atoms. The van der Waals surface area contributed by atoms with E-state index in [0.717, 1.165) is 26.1 Å².